The quantitative estimate of drug-likeness (QED) is 0.658. The molecule has 1 aromatic carbocycles. The molecule has 0 saturated carbocycles. The molecule has 0 unspecified atom stereocenters. The van der Waals surface area contributed by atoms with E-state index in [-0.39, 0.29) is 0 Å². The van der Waals surface area contributed by atoms with Gasteiger partial charge in [0, 0.05) is 0 Å². The molecule has 0 heterocycles. The molecule has 3 nitrogen and oxygen atoms in total. The van der Waals surface area contributed by atoms with Gasteiger partial charge in [-0.25, -0.2) is 0 Å². The summed E-state index contributed by atoms with van der Waals surface area (Å²) in [5, 5.41) is 10.2. The van der Waals surface area contributed by atoms with Gasteiger partial charge < -0.3 is 9.84 Å². The van der Waals surface area contributed by atoms with E-state index in [0.29, 0.717) is 5.56 Å². The summed E-state index contributed by atoms with van der Waals surface area (Å²) in [7, 11) is 0. The van der Waals surface area contributed by atoms with Gasteiger partial charge in [-0.15, -0.1) is 6.58 Å². The maximum Gasteiger partial charge on any atom is 0.316 e. The minimum absolute atomic E-state index is 0.464. The van der Waals surface area contributed by atoms with Crippen molar-refractivity contribution in [3.63, 3.8) is 0 Å². The normalized spacial score (nSPS) is 14.7. The number of ether oxygens (including phenoxy) is 1. The highest BCUT2D eigenvalue weighted by atomic mass is 16.6. The Morgan fingerprint density at radius 3 is 2.33 bits per heavy atom. The van der Waals surface area contributed by atoms with Crippen LogP contribution in [0, 0.1) is 5.92 Å². The van der Waals surface area contributed by atoms with Crippen LogP contribution in [-0.4, -0.2) is 16.7 Å². The standard InChI is InChI=1S/C15H20O3/c1-5-12(14(17)18-15(2,3)4)13(16)11-9-7-6-8-10-11/h5-10,12-13,16H,1H2,2-4H3/t12-,13+/m0/s1. The lowest BCUT2D eigenvalue weighted by Crippen LogP contribution is -2.30. The summed E-state index contributed by atoms with van der Waals surface area (Å²) in [6.07, 6.45) is 0.490. The molecule has 0 aliphatic rings. The van der Waals surface area contributed by atoms with E-state index in [1.54, 1.807) is 32.9 Å². The Balaban J connectivity index is 2.84. The summed E-state index contributed by atoms with van der Waals surface area (Å²) in [5.41, 5.74) is 0.0997. The van der Waals surface area contributed by atoms with Crippen LogP contribution in [-0.2, 0) is 9.53 Å². The first-order chi connectivity index (χ1) is 8.35. The molecule has 0 saturated heterocycles. The molecular weight excluding hydrogens is 228 g/mol. The second-order valence-corrected chi connectivity index (χ2v) is 5.15. The zero-order valence-electron chi connectivity index (χ0n) is 11.1. The van der Waals surface area contributed by atoms with Gasteiger partial charge in [-0.2, -0.15) is 0 Å². The molecule has 0 spiro atoms. The highest BCUT2D eigenvalue weighted by Gasteiger charge is 2.29. The molecule has 98 valence electrons. The number of esters is 1. The van der Waals surface area contributed by atoms with E-state index in [2.05, 4.69) is 6.58 Å². The number of hydrogen-bond donors (Lipinski definition) is 1. The fourth-order valence-corrected chi connectivity index (χ4v) is 1.58. The van der Waals surface area contributed by atoms with Gasteiger partial charge in [0.1, 0.15) is 11.5 Å². The molecule has 0 aromatic heterocycles. The lowest BCUT2D eigenvalue weighted by atomic mass is 9.95. The molecular formula is C15H20O3. The average molecular weight is 248 g/mol. The fraction of sp³-hybridized carbons (Fsp3) is 0.400. The first-order valence-electron chi connectivity index (χ1n) is 5.93. The molecule has 1 N–H and O–H groups in total. The topological polar surface area (TPSA) is 46.5 Å². The van der Waals surface area contributed by atoms with E-state index in [1.807, 2.05) is 18.2 Å². The van der Waals surface area contributed by atoms with Crippen LogP contribution in [0.2, 0.25) is 0 Å². The van der Waals surface area contributed by atoms with Crippen molar-refractivity contribution in [3.8, 4) is 0 Å². The highest BCUT2D eigenvalue weighted by Crippen LogP contribution is 2.25. The largest absolute Gasteiger partial charge is 0.459 e. The molecule has 2 atom stereocenters. The second-order valence-electron chi connectivity index (χ2n) is 5.15. The van der Waals surface area contributed by atoms with E-state index >= 15 is 0 Å². The maximum absolute atomic E-state index is 12.0. The molecule has 0 fully saturated rings. The lowest BCUT2D eigenvalue weighted by Gasteiger charge is -2.25. The second kappa shape index (κ2) is 5.83. The van der Waals surface area contributed by atoms with Crippen molar-refractivity contribution in [1.82, 2.24) is 0 Å². The van der Waals surface area contributed by atoms with Gasteiger partial charge in [0.05, 0.1) is 6.10 Å². The first kappa shape index (κ1) is 14.5. The highest BCUT2D eigenvalue weighted by molar-refractivity contribution is 5.75. The molecule has 3 heteroatoms. The molecule has 0 aliphatic carbocycles. The van der Waals surface area contributed by atoms with Gasteiger partial charge >= 0.3 is 5.97 Å². The van der Waals surface area contributed by atoms with Gasteiger partial charge in [0.15, 0.2) is 0 Å². The zero-order chi connectivity index (χ0) is 13.8. The van der Waals surface area contributed by atoms with Gasteiger partial charge in [-0.1, -0.05) is 36.4 Å². The van der Waals surface area contributed by atoms with Crippen molar-refractivity contribution < 1.29 is 14.6 Å². The number of aliphatic hydroxyl groups is 1. The van der Waals surface area contributed by atoms with Gasteiger partial charge in [-0.3, -0.25) is 4.79 Å². The summed E-state index contributed by atoms with van der Waals surface area (Å²) in [4.78, 5) is 12.0. The SMILES string of the molecule is C=C[C@H](C(=O)OC(C)(C)C)[C@H](O)c1ccccc1. The summed E-state index contributed by atoms with van der Waals surface area (Å²) in [6.45, 7) is 8.97. The Hall–Kier alpha value is -1.61. The third kappa shape index (κ3) is 4.00. The predicted molar refractivity (Wildman–Crippen MR) is 70.9 cm³/mol. The number of rotatable bonds is 4. The Bertz CT molecular complexity index is 403. The van der Waals surface area contributed by atoms with Crippen LogP contribution in [0.3, 0.4) is 0 Å². The van der Waals surface area contributed by atoms with Gasteiger partial charge in [-0.05, 0) is 26.3 Å². The van der Waals surface area contributed by atoms with Crippen molar-refractivity contribution >= 4 is 5.97 Å². The first-order valence-corrected chi connectivity index (χ1v) is 5.93. The minimum Gasteiger partial charge on any atom is -0.459 e. The Morgan fingerprint density at radius 2 is 1.89 bits per heavy atom. The van der Waals surface area contributed by atoms with Crippen molar-refractivity contribution in [1.29, 1.82) is 0 Å². The van der Waals surface area contributed by atoms with Crippen LogP contribution in [0.25, 0.3) is 0 Å². The molecule has 0 aliphatic heterocycles. The summed E-state index contributed by atoms with van der Waals surface area (Å²) < 4.78 is 5.26. The van der Waals surface area contributed by atoms with Crippen LogP contribution in [0.15, 0.2) is 43.0 Å². The smallest absolute Gasteiger partial charge is 0.316 e. The summed E-state index contributed by atoms with van der Waals surface area (Å²) >= 11 is 0. The van der Waals surface area contributed by atoms with E-state index < -0.39 is 23.6 Å². The van der Waals surface area contributed by atoms with E-state index in [4.69, 9.17) is 4.74 Å². The number of hydrogen-bond acceptors (Lipinski definition) is 3. The van der Waals surface area contributed by atoms with Crippen molar-refractivity contribution in [2.24, 2.45) is 5.92 Å². The summed E-state index contributed by atoms with van der Waals surface area (Å²) in [6, 6.07) is 9.02. The number of carbonyl (C=O) groups excluding carboxylic acids is 1. The predicted octanol–water partition coefficient (Wildman–Crippen LogP) is 2.86. The van der Waals surface area contributed by atoms with Crippen molar-refractivity contribution in [2.45, 2.75) is 32.5 Å². The Kier molecular flexibility index (Phi) is 4.68. The molecule has 1 rings (SSSR count). The van der Waals surface area contributed by atoms with Crippen LogP contribution in [0.4, 0.5) is 0 Å². The molecule has 0 radical (unpaired) electrons. The molecule has 18 heavy (non-hydrogen) atoms. The van der Waals surface area contributed by atoms with Crippen molar-refractivity contribution in [3.05, 3.63) is 48.6 Å². The third-order valence-electron chi connectivity index (χ3n) is 2.41. The molecule has 1 aromatic rings. The molecule has 0 bridgehead atoms. The third-order valence-corrected chi connectivity index (χ3v) is 2.41. The van der Waals surface area contributed by atoms with Crippen molar-refractivity contribution in [2.75, 3.05) is 0 Å². The van der Waals surface area contributed by atoms with Crippen LogP contribution >= 0.6 is 0 Å². The number of carbonyl (C=O) groups is 1. The van der Waals surface area contributed by atoms with E-state index in [1.165, 1.54) is 6.08 Å². The van der Waals surface area contributed by atoms with E-state index in [9.17, 15) is 9.90 Å². The van der Waals surface area contributed by atoms with Crippen LogP contribution in [0.1, 0.15) is 32.4 Å². The fourth-order valence-electron chi connectivity index (χ4n) is 1.58. The number of benzene rings is 1. The Morgan fingerprint density at radius 1 is 1.33 bits per heavy atom. The monoisotopic (exact) mass is 248 g/mol. The van der Waals surface area contributed by atoms with Crippen LogP contribution in [0.5, 0.6) is 0 Å². The van der Waals surface area contributed by atoms with Crippen LogP contribution < -0.4 is 0 Å². The van der Waals surface area contributed by atoms with E-state index in [0.717, 1.165) is 0 Å². The number of aliphatic hydroxyl groups excluding tert-OH is 1. The summed E-state index contributed by atoms with van der Waals surface area (Å²) in [5.74, 6) is -1.22. The zero-order valence-corrected chi connectivity index (χ0v) is 11.1. The lowest BCUT2D eigenvalue weighted by molar-refractivity contribution is -0.161. The van der Waals surface area contributed by atoms with Gasteiger partial charge in [0.25, 0.3) is 0 Å². The Labute approximate surface area is 108 Å². The molecule has 0 amide bonds. The maximum atomic E-state index is 12.0. The minimum atomic E-state index is -0.932. The van der Waals surface area contributed by atoms with Gasteiger partial charge in [0.2, 0.25) is 0 Å². The average Bonchev–Trinajstić information content (AvgIpc) is 2.28.